The Morgan fingerprint density at radius 1 is 1.24 bits per heavy atom. The molecular weight excluding hydrogens is 397 g/mol. The number of rotatable bonds is 6. The summed E-state index contributed by atoms with van der Waals surface area (Å²) in [5.74, 6) is -0.575. The summed E-state index contributed by atoms with van der Waals surface area (Å²) in [7, 11) is -2.06. The summed E-state index contributed by atoms with van der Waals surface area (Å²) in [4.78, 5) is 17.0. The summed E-state index contributed by atoms with van der Waals surface area (Å²) in [5.41, 5.74) is 1.51. The van der Waals surface area contributed by atoms with Crippen molar-refractivity contribution >= 4 is 32.8 Å². The third kappa shape index (κ3) is 4.09. The van der Waals surface area contributed by atoms with Crippen molar-refractivity contribution in [3.05, 3.63) is 47.3 Å². The predicted octanol–water partition coefficient (Wildman–Crippen LogP) is 3.88. The topological polar surface area (TPSA) is 101 Å². The molecule has 0 unspecified atom stereocenters. The molecule has 0 atom stereocenters. The molecule has 0 bridgehead atoms. The maximum Gasteiger partial charge on any atom is 0.255 e. The minimum Gasteiger partial charge on any atom is -0.437 e. The fourth-order valence-corrected chi connectivity index (χ4v) is 3.54. The molecule has 2 N–H and O–H groups in total. The van der Waals surface area contributed by atoms with Crippen LogP contribution in [0.5, 0.6) is 0 Å². The normalized spacial score (nSPS) is 11.8. The zero-order chi connectivity index (χ0) is 21.3. The molecular formula is C20H22FN3O4S. The third-order valence-electron chi connectivity index (χ3n) is 4.53. The summed E-state index contributed by atoms with van der Waals surface area (Å²) in [6.45, 7) is 5.32. The van der Waals surface area contributed by atoms with Crippen LogP contribution in [0.3, 0.4) is 0 Å². The van der Waals surface area contributed by atoms with E-state index < -0.39 is 15.8 Å². The van der Waals surface area contributed by atoms with Crippen LogP contribution < -0.4 is 10.0 Å². The maximum atomic E-state index is 13.3. The van der Waals surface area contributed by atoms with E-state index in [-0.39, 0.29) is 40.4 Å². The second-order valence-electron chi connectivity index (χ2n) is 6.83. The van der Waals surface area contributed by atoms with Crippen LogP contribution in [0.25, 0.3) is 22.4 Å². The Hall–Kier alpha value is -2.94. The highest BCUT2D eigenvalue weighted by molar-refractivity contribution is 7.92. The van der Waals surface area contributed by atoms with Crippen molar-refractivity contribution in [1.29, 1.82) is 0 Å². The van der Waals surface area contributed by atoms with Crippen molar-refractivity contribution in [3.63, 3.8) is 0 Å². The van der Waals surface area contributed by atoms with Crippen LogP contribution in [-0.2, 0) is 10.0 Å². The standard InChI is InChI=1S/C20H22FN3O4S/c1-5-29(26,27)24-18-14(11(2)3)10-15-16(19(25)22-4)17(28-20(15)23-18)12-6-8-13(21)9-7-12/h6-11H,5H2,1-4H3,(H,22,25)(H,23,24). The van der Waals surface area contributed by atoms with Crippen LogP contribution in [0.15, 0.2) is 34.7 Å². The number of pyridine rings is 1. The van der Waals surface area contributed by atoms with E-state index in [0.717, 1.165) is 0 Å². The number of hydrogen-bond acceptors (Lipinski definition) is 5. The summed E-state index contributed by atoms with van der Waals surface area (Å²) in [6, 6.07) is 7.25. The molecule has 0 aliphatic heterocycles. The lowest BCUT2D eigenvalue weighted by Crippen LogP contribution is -2.19. The van der Waals surface area contributed by atoms with Crippen molar-refractivity contribution < 1.29 is 22.0 Å². The maximum absolute atomic E-state index is 13.3. The van der Waals surface area contributed by atoms with Crippen molar-refractivity contribution in [2.75, 3.05) is 17.5 Å². The highest BCUT2D eigenvalue weighted by Gasteiger charge is 2.25. The number of benzene rings is 1. The van der Waals surface area contributed by atoms with Crippen LogP contribution in [-0.4, -0.2) is 32.1 Å². The minimum atomic E-state index is -3.55. The molecule has 3 rings (SSSR count). The van der Waals surface area contributed by atoms with Crippen LogP contribution in [0.4, 0.5) is 10.2 Å². The number of furan rings is 1. The summed E-state index contributed by atoms with van der Waals surface area (Å²) in [6.07, 6.45) is 0. The smallest absolute Gasteiger partial charge is 0.255 e. The number of sulfonamides is 1. The van der Waals surface area contributed by atoms with E-state index in [2.05, 4.69) is 15.0 Å². The van der Waals surface area contributed by atoms with E-state index in [9.17, 15) is 17.6 Å². The van der Waals surface area contributed by atoms with Crippen molar-refractivity contribution in [1.82, 2.24) is 10.3 Å². The Morgan fingerprint density at radius 3 is 2.45 bits per heavy atom. The van der Waals surface area contributed by atoms with Gasteiger partial charge < -0.3 is 9.73 Å². The number of anilines is 1. The quantitative estimate of drug-likeness (QED) is 0.631. The van der Waals surface area contributed by atoms with Gasteiger partial charge in [0, 0.05) is 12.6 Å². The Bertz CT molecular complexity index is 1170. The number of hydrogen-bond donors (Lipinski definition) is 2. The number of aromatic nitrogens is 1. The summed E-state index contributed by atoms with van der Waals surface area (Å²) < 4.78 is 45.8. The first-order valence-electron chi connectivity index (χ1n) is 9.12. The zero-order valence-electron chi connectivity index (χ0n) is 16.5. The van der Waals surface area contributed by atoms with Crippen molar-refractivity contribution in [2.45, 2.75) is 26.7 Å². The highest BCUT2D eigenvalue weighted by Crippen LogP contribution is 2.36. The second kappa shape index (κ2) is 7.82. The Labute approximate surface area is 168 Å². The second-order valence-corrected chi connectivity index (χ2v) is 8.84. The third-order valence-corrected chi connectivity index (χ3v) is 5.79. The molecule has 1 aromatic carbocycles. The number of carbonyl (C=O) groups is 1. The molecule has 3 aromatic rings. The molecule has 0 radical (unpaired) electrons. The molecule has 0 aliphatic carbocycles. The van der Waals surface area contributed by atoms with E-state index in [1.165, 1.54) is 38.2 Å². The van der Waals surface area contributed by atoms with Crippen molar-refractivity contribution in [2.24, 2.45) is 0 Å². The molecule has 2 aromatic heterocycles. The van der Waals surface area contributed by atoms with Crippen molar-refractivity contribution in [3.8, 4) is 11.3 Å². The monoisotopic (exact) mass is 419 g/mol. The lowest BCUT2D eigenvalue weighted by Gasteiger charge is -2.13. The van der Waals surface area contributed by atoms with E-state index in [0.29, 0.717) is 16.5 Å². The van der Waals surface area contributed by atoms with Gasteiger partial charge in [-0.3, -0.25) is 9.52 Å². The van der Waals surface area contributed by atoms with Crippen LogP contribution >= 0.6 is 0 Å². The number of carbonyl (C=O) groups excluding carboxylic acids is 1. The van der Waals surface area contributed by atoms with Gasteiger partial charge in [-0.25, -0.2) is 12.8 Å². The number of nitrogens with zero attached hydrogens (tertiary/aromatic N) is 1. The lowest BCUT2D eigenvalue weighted by atomic mass is 10.00. The molecule has 0 spiro atoms. The van der Waals surface area contributed by atoms with E-state index in [1.807, 2.05) is 13.8 Å². The average molecular weight is 419 g/mol. The van der Waals surface area contributed by atoms with Gasteiger partial charge in [-0.1, -0.05) is 13.8 Å². The summed E-state index contributed by atoms with van der Waals surface area (Å²) in [5, 5.41) is 3.03. The number of amides is 1. The molecule has 154 valence electrons. The van der Waals surface area contributed by atoms with Gasteiger partial charge in [-0.2, -0.15) is 4.98 Å². The fraction of sp³-hybridized carbons (Fsp3) is 0.300. The Morgan fingerprint density at radius 2 is 1.90 bits per heavy atom. The molecule has 0 saturated heterocycles. The van der Waals surface area contributed by atoms with Gasteiger partial charge in [0.1, 0.15) is 17.4 Å². The minimum absolute atomic E-state index is 0.0665. The van der Waals surface area contributed by atoms with Gasteiger partial charge in [-0.15, -0.1) is 0 Å². The zero-order valence-corrected chi connectivity index (χ0v) is 17.4. The number of fused-ring (bicyclic) bond motifs is 1. The fourth-order valence-electron chi connectivity index (χ4n) is 2.94. The first-order chi connectivity index (χ1) is 13.7. The SMILES string of the molecule is CCS(=O)(=O)Nc1nc2oc(-c3ccc(F)cc3)c(C(=O)NC)c2cc1C(C)C. The Kier molecular flexibility index (Phi) is 5.61. The molecule has 7 nitrogen and oxygen atoms in total. The molecule has 0 fully saturated rings. The molecule has 29 heavy (non-hydrogen) atoms. The van der Waals surface area contributed by atoms with E-state index in [4.69, 9.17) is 4.42 Å². The predicted molar refractivity (Wildman–Crippen MR) is 110 cm³/mol. The molecule has 0 aliphatic rings. The molecule has 1 amide bonds. The lowest BCUT2D eigenvalue weighted by molar-refractivity contribution is 0.0964. The van der Waals surface area contributed by atoms with E-state index in [1.54, 1.807) is 6.07 Å². The first kappa shape index (κ1) is 20.8. The largest absolute Gasteiger partial charge is 0.437 e. The van der Waals surface area contributed by atoms with Gasteiger partial charge in [0.05, 0.1) is 16.7 Å². The van der Waals surface area contributed by atoms with Gasteiger partial charge in [-0.05, 0) is 48.7 Å². The molecule has 9 heteroatoms. The number of nitrogens with one attached hydrogen (secondary N) is 2. The number of halogens is 1. The van der Waals surface area contributed by atoms with Gasteiger partial charge in [0.25, 0.3) is 5.91 Å². The van der Waals surface area contributed by atoms with Crippen LogP contribution in [0.2, 0.25) is 0 Å². The van der Waals surface area contributed by atoms with Crippen LogP contribution in [0.1, 0.15) is 42.6 Å². The highest BCUT2D eigenvalue weighted by atomic mass is 32.2. The molecule has 0 saturated carbocycles. The Balaban J connectivity index is 2.31. The van der Waals surface area contributed by atoms with Gasteiger partial charge >= 0.3 is 0 Å². The summed E-state index contributed by atoms with van der Waals surface area (Å²) >= 11 is 0. The molecule has 2 heterocycles. The average Bonchev–Trinajstić information content (AvgIpc) is 3.05. The van der Waals surface area contributed by atoms with Gasteiger partial charge in [0.2, 0.25) is 15.7 Å². The van der Waals surface area contributed by atoms with Crippen LogP contribution in [0, 0.1) is 5.82 Å². The van der Waals surface area contributed by atoms with E-state index >= 15 is 0 Å². The van der Waals surface area contributed by atoms with Gasteiger partial charge in [0.15, 0.2) is 0 Å². The first-order valence-corrected chi connectivity index (χ1v) is 10.8.